The van der Waals surface area contributed by atoms with Crippen LogP contribution in [0.1, 0.15) is 25.7 Å². The van der Waals surface area contributed by atoms with Crippen LogP contribution in [-0.4, -0.2) is 30.6 Å². The molecular weight excluding hydrogens is 284 g/mol. The molecule has 1 aliphatic rings. The fourth-order valence-electron chi connectivity index (χ4n) is 2.52. The molecule has 0 amide bonds. The third kappa shape index (κ3) is 2.82. The number of aliphatic hydroxyl groups is 1. The molecule has 0 saturated heterocycles. The number of aliphatic hydroxyl groups excluding tert-OH is 1. The number of nitro benzene ring substituents is 1. The number of nitrogens with zero attached hydrogens (tertiary/aromatic N) is 1. The molecule has 1 fully saturated rings. The minimum atomic E-state index is -4.04. The topological polar surface area (TPSA) is 110 Å². The molecule has 0 aromatic heterocycles. The lowest BCUT2D eigenvalue weighted by Gasteiger charge is -2.27. The zero-order chi connectivity index (χ0) is 14.8. The average molecular weight is 300 g/mol. The summed E-state index contributed by atoms with van der Waals surface area (Å²) in [6.07, 6.45) is 2.70. The van der Waals surface area contributed by atoms with Crippen molar-refractivity contribution in [2.45, 2.75) is 36.1 Å². The minimum Gasteiger partial charge on any atom is -0.394 e. The molecule has 1 aromatic rings. The molecule has 0 heterocycles. The lowest BCUT2D eigenvalue weighted by Crippen LogP contribution is -2.49. The van der Waals surface area contributed by atoms with Gasteiger partial charge in [0.15, 0.2) is 4.90 Å². The van der Waals surface area contributed by atoms with Crippen molar-refractivity contribution >= 4 is 15.7 Å². The van der Waals surface area contributed by atoms with Gasteiger partial charge >= 0.3 is 0 Å². The number of sulfonamides is 1. The highest BCUT2D eigenvalue weighted by Crippen LogP contribution is 2.32. The van der Waals surface area contributed by atoms with Crippen molar-refractivity contribution in [3.8, 4) is 0 Å². The molecule has 0 aliphatic heterocycles. The fraction of sp³-hybridized carbons (Fsp3) is 0.500. The second-order valence-corrected chi connectivity index (χ2v) is 6.63. The van der Waals surface area contributed by atoms with Crippen LogP contribution < -0.4 is 4.72 Å². The largest absolute Gasteiger partial charge is 0.394 e. The van der Waals surface area contributed by atoms with Gasteiger partial charge in [-0.15, -0.1) is 0 Å². The zero-order valence-electron chi connectivity index (χ0n) is 10.8. The lowest BCUT2D eigenvalue weighted by molar-refractivity contribution is -0.387. The Morgan fingerprint density at radius 3 is 2.45 bits per heavy atom. The van der Waals surface area contributed by atoms with Gasteiger partial charge in [-0.1, -0.05) is 25.0 Å². The number of hydrogen-bond acceptors (Lipinski definition) is 5. The minimum absolute atomic E-state index is 0.313. The van der Waals surface area contributed by atoms with E-state index in [1.165, 1.54) is 18.2 Å². The van der Waals surface area contributed by atoms with Crippen LogP contribution >= 0.6 is 0 Å². The van der Waals surface area contributed by atoms with E-state index in [0.29, 0.717) is 12.8 Å². The summed E-state index contributed by atoms with van der Waals surface area (Å²) < 4.78 is 27.1. The number of hydrogen-bond donors (Lipinski definition) is 2. The molecule has 1 aromatic carbocycles. The van der Waals surface area contributed by atoms with E-state index in [4.69, 9.17) is 0 Å². The molecule has 1 aliphatic carbocycles. The van der Waals surface area contributed by atoms with Gasteiger partial charge in [0.05, 0.1) is 17.1 Å². The second kappa shape index (κ2) is 5.47. The van der Waals surface area contributed by atoms with Crippen LogP contribution in [0.5, 0.6) is 0 Å². The van der Waals surface area contributed by atoms with E-state index in [9.17, 15) is 23.6 Å². The van der Waals surface area contributed by atoms with Crippen molar-refractivity contribution in [2.24, 2.45) is 0 Å². The smallest absolute Gasteiger partial charge is 0.289 e. The van der Waals surface area contributed by atoms with Crippen LogP contribution in [0.25, 0.3) is 0 Å². The maximum absolute atomic E-state index is 12.4. The van der Waals surface area contributed by atoms with Crippen molar-refractivity contribution in [3.63, 3.8) is 0 Å². The Labute approximate surface area is 116 Å². The normalized spacial score (nSPS) is 18.1. The molecule has 0 atom stereocenters. The highest BCUT2D eigenvalue weighted by atomic mass is 32.2. The Kier molecular flexibility index (Phi) is 4.07. The molecule has 0 spiro atoms. The predicted molar refractivity (Wildman–Crippen MR) is 71.7 cm³/mol. The van der Waals surface area contributed by atoms with Crippen molar-refractivity contribution in [3.05, 3.63) is 34.4 Å². The van der Waals surface area contributed by atoms with Gasteiger partial charge in [-0.3, -0.25) is 10.1 Å². The summed E-state index contributed by atoms with van der Waals surface area (Å²) in [5.41, 5.74) is -1.37. The molecule has 8 heteroatoms. The highest BCUT2D eigenvalue weighted by molar-refractivity contribution is 7.89. The molecule has 2 rings (SSSR count). The third-order valence-electron chi connectivity index (χ3n) is 3.57. The van der Waals surface area contributed by atoms with E-state index in [1.807, 2.05) is 0 Å². The number of nitrogens with one attached hydrogen (secondary N) is 1. The van der Waals surface area contributed by atoms with Gasteiger partial charge in [-0.25, -0.2) is 13.1 Å². The van der Waals surface area contributed by atoms with Crippen LogP contribution in [0.3, 0.4) is 0 Å². The first kappa shape index (κ1) is 14.9. The summed E-state index contributed by atoms with van der Waals surface area (Å²) in [4.78, 5) is 9.82. The van der Waals surface area contributed by atoms with Gasteiger partial charge < -0.3 is 5.11 Å². The van der Waals surface area contributed by atoms with Gasteiger partial charge in [-0.2, -0.15) is 0 Å². The van der Waals surface area contributed by atoms with Crippen LogP contribution in [0.15, 0.2) is 29.2 Å². The van der Waals surface area contributed by atoms with E-state index in [0.717, 1.165) is 18.9 Å². The monoisotopic (exact) mass is 300 g/mol. The molecule has 1 saturated carbocycles. The maximum Gasteiger partial charge on any atom is 0.289 e. The van der Waals surface area contributed by atoms with Crippen LogP contribution in [0, 0.1) is 10.1 Å². The summed E-state index contributed by atoms with van der Waals surface area (Å²) in [6.45, 7) is -0.313. The summed E-state index contributed by atoms with van der Waals surface area (Å²) >= 11 is 0. The molecule has 20 heavy (non-hydrogen) atoms. The number of rotatable bonds is 5. The van der Waals surface area contributed by atoms with Crippen LogP contribution in [0.2, 0.25) is 0 Å². The Morgan fingerprint density at radius 1 is 1.30 bits per heavy atom. The molecule has 110 valence electrons. The highest BCUT2D eigenvalue weighted by Gasteiger charge is 2.39. The SMILES string of the molecule is O=[N+]([O-])c1ccccc1S(=O)(=O)NC1(CO)CCCC1. The molecule has 0 unspecified atom stereocenters. The van der Waals surface area contributed by atoms with Gasteiger partial charge in [-0.05, 0) is 18.9 Å². The maximum atomic E-state index is 12.4. The van der Waals surface area contributed by atoms with Crippen molar-refractivity contribution < 1.29 is 18.4 Å². The van der Waals surface area contributed by atoms with E-state index in [1.54, 1.807) is 0 Å². The summed E-state index contributed by atoms with van der Waals surface area (Å²) in [7, 11) is -4.04. The first-order valence-electron chi connectivity index (χ1n) is 6.28. The average Bonchev–Trinajstić information content (AvgIpc) is 2.87. The molecule has 0 bridgehead atoms. The Hall–Kier alpha value is -1.51. The van der Waals surface area contributed by atoms with E-state index in [-0.39, 0.29) is 11.5 Å². The molecule has 2 N–H and O–H groups in total. The van der Waals surface area contributed by atoms with Gasteiger partial charge in [0, 0.05) is 6.07 Å². The fourth-order valence-corrected chi connectivity index (χ4v) is 4.14. The third-order valence-corrected chi connectivity index (χ3v) is 5.19. The number of nitro groups is 1. The van der Waals surface area contributed by atoms with Gasteiger partial charge in [0.25, 0.3) is 5.69 Å². The van der Waals surface area contributed by atoms with Gasteiger partial charge in [0.2, 0.25) is 10.0 Å². The number of para-hydroxylation sites is 1. The summed E-state index contributed by atoms with van der Waals surface area (Å²) in [5.74, 6) is 0. The van der Waals surface area contributed by atoms with Gasteiger partial charge in [0.1, 0.15) is 0 Å². The standard InChI is InChI=1S/C12H16N2O5S/c15-9-12(7-3-4-8-12)13-20(18,19)11-6-2-1-5-10(11)14(16)17/h1-2,5-6,13,15H,3-4,7-9H2. The van der Waals surface area contributed by atoms with Crippen molar-refractivity contribution in [2.75, 3.05) is 6.61 Å². The molecular formula is C12H16N2O5S. The molecule has 0 radical (unpaired) electrons. The Balaban J connectivity index is 2.38. The first-order valence-corrected chi connectivity index (χ1v) is 7.77. The lowest BCUT2D eigenvalue weighted by atomic mass is 10.0. The predicted octanol–water partition coefficient (Wildman–Crippen LogP) is 1.18. The van der Waals surface area contributed by atoms with E-state index in [2.05, 4.69) is 4.72 Å². The number of benzene rings is 1. The van der Waals surface area contributed by atoms with Crippen molar-refractivity contribution in [1.29, 1.82) is 0 Å². The zero-order valence-corrected chi connectivity index (χ0v) is 11.6. The quantitative estimate of drug-likeness (QED) is 0.626. The van der Waals surface area contributed by atoms with Crippen molar-refractivity contribution in [1.82, 2.24) is 4.72 Å². The van der Waals surface area contributed by atoms with Crippen LogP contribution in [0.4, 0.5) is 5.69 Å². The van der Waals surface area contributed by atoms with E-state index < -0.39 is 26.2 Å². The summed E-state index contributed by atoms with van der Waals surface area (Å²) in [5, 5.41) is 20.4. The summed E-state index contributed by atoms with van der Waals surface area (Å²) in [6, 6.07) is 5.19. The van der Waals surface area contributed by atoms with E-state index >= 15 is 0 Å². The second-order valence-electron chi connectivity index (χ2n) is 4.98. The van der Waals surface area contributed by atoms with Crippen LogP contribution in [-0.2, 0) is 10.0 Å². The Morgan fingerprint density at radius 2 is 1.90 bits per heavy atom. The Bertz CT molecular complexity index is 608. The first-order chi connectivity index (χ1) is 9.40. The molecule has 7 nitrogen and oxygen atoms in total.